The molecule has 0 aliphatic carbocycles. The number of benzene rings is 1. The van der Waals surface area contributed by atoms with Gasteiger partial charge in [-0.2, -0.15) is 0 Å². The van der Waals surface area contributed by atoms with Crippen LogP contribution < -0.4 is 10.1 Å². The summed E-state index contributed by atoms with van der Waals surface area (Å²) in [4.78, 5) is 10.6. The van der Waals surface area contributed by atoms with Crippen LogP contribution in [-0.4, -0.2) is 19.1 Å². The van der Waals surface area contributed by atoms with E-state index in [1.165, 1.54) is 6.92 Å². The molecular weight excluding hydrogens is 226 g/mol. The normalized spacial score (nSPS) is 8.94. The monoisotopic (exact) mass is 243 g/mol. The van der Waals surface area contributed by atoms with E-state index in [-0.39, 0.29) is 5.91 Å². The number of hydrogen-bond donors (Lipinski definition) is 1. The van der Waals surface area contributed by atoms with Crippen LogP contribution in [0.4, 0.5) is 0 Å². The molecule has 0 aromatic heterocycles. The molecule has 1 aromatic rings. The lowest BCUT2D eigenvalue weighted by Crippen LogP contribution is -2.19. The van der Waals surface area contributed by atoms with E-state index in [4.69, 9.17) is 4.74 Å². The molecule has 0 aliphatic heterocycles. The van der Waals surface area contributed by atoms with E-state index in [1.54, 1.807) is 0 Å². The van der Waals surface area contributed by atoms with Gasteiger partial charge < -0.3 is 10.1 Å². The Bertz CT molecular complexity index is 469. The van der Waals surface area contributed by atoms with Crippen LogP contribution in [0.15, 0.2) is 36.9 Å². The lowest BCUT2D eigenvalue weighted by molar-refractivity contribution is -0.118. The standard InChI is InChI=1S/C15H17NO2/c1-3-8-14-9-4-5-10-15(14)18-12-7-6-11-16-13(2)17/h3-5,9-10H,1,8,11-12H2,2H3,(H,16,17). The Labute approximate surface area is 108 Å². The second-order valence-electron chi connectivity index (χ2n) is 3.65. The first-order valence-electron chi connectivity index (χ1n) is 5.75. The van der Waals surface area contributed by atoms with Crippen LogP contribution in [0.1, 0.15) is 12.5 Å². The van der Waals surface area contributed by atoms with E-state index in [0.717, 1.165) is 17.7 Å². The van der Waals surface area contributed by atoms with Crippen LogP contribution in [0.25, 0.3) is 0 Å². The second kappa shape index (κ2) is 7.97. The Morgan fingerprint density at radius 2 is 2.22 bits per heavy atom. The van der Waals surface area contributed by atoms with Crippen LogP contribution >= 0.6 is 0 Å². The fraction of sp³-hybridized carbons (Fsp3) is 0.267. The molecule has 18 heavy (non-hydrogen) atoms. The number of carbonyl (C=O) groups is 1. The highest BCUT2D eigenvalue weighted by Gasteiger charge is 1.99. The Morgan fingerprint density at radius 3 is 2.94 bits per heavy atom. The lowest BCUT2D eigenvalue weighted by atomic mass is 10.1. The van der Waals surface area contributed by atoms with Crippen molar-refractivity contribution in [3.05, 3.63) is 42.5 Å². The Hall–Kier alpha value is -2.21. The van der Waals surface area contributed by atoms with Gasteiger partial charge in [0, 0.05) is 6.92 Å². The van der Waals surface area contributed by atoms with E-state index in [1.807, 2.05) is 30.3 Å². The first-order chi connectivity index (χ1) is 8.74. The minimum Gasteiger partial charge on any atom is -0.481 e. The third-order valence-corrected chi connectivity index (χ3v) is 2.19. The molecule has 0 aliphatic rings. The number of para-hydroxylation sites is 1. The highest BCUT2D eigenvalue weighted by molar-refractivity contribution is 5.73. The molecule has 0 spiro atoms. The van der Waals surface area contributed by atoms with Crippen molar-refractivity contribution in [3.8, 4) is 17.6 Å². The molecule has 3 heteroatoms. The second-order valence-corrected chi connectivity index (χ2v) is 3.65. The highest BCUT2D eigenvalue weighted by atomic mass is 16.5. The molecule has 1 N–H and O–H groups in total. The van der Waals surface area contributed by atoms with Crippen LogP contribution in [0.2, 0.25) is 0 Å². The molecule has 0 radical (unpaired) electrons. The van der Waals surface area contributed by atoms with Crippen molar-refractivity contribution >= 4 is 5.91 Å². The van der Waals surface area contributed by atoms with Gasteiger partial charge in [-0.25, -0.2) is 0 Å². The first-order valence-corrected chi connectivity index (χ1v) is 5.75. The third kappa shape index (κ3) is 5.22. The van der Waals surface area contributed by atoms with Crippen LogP contribution in [-0.2, 0) is 11.2 Å². The number of carbonyl (C=O) groups excluding carboxylic acids is 1. The van der Waals surface area contributed by atoms with Gasteiger partial charge in [-0.3, -0.25) is 4.79 Å². The van der Waals surface area contributed by atoms with Gasteiger partial charge in [0.15, 0.2) is 0 Å². The molecule has 0 bridgehead atoms. The predicted octanol–water partition coefficient (Wildman–Crippen LogP) is 1.93. The summed E-state index contributed by atoms with van der Waals surface area (Å²) in [7, 11) is 0. The maximum absolute atomic E-state index is 10.6. The third-order valence-electron chi connectivity index (χ3n) is 2.19. The Kier molecular flexibility index (Phi) is 6.13. The summed E-state index contributed by atoms with van der Waals surface area (Å²) in [5.41, 5.74) is 1.09. The van der Waals surface area contributed by atoms with Gasteiger partial charge in [-0.1, -0.05) is 36.1 Å². The number of hydrogen-bond acceptors (Lipinski definition) is 2. The SMILES string of the molecule is C=CCc1ccccc1OCC#CCNC(C)=O. The molecule has 0 saturated carbocycles. The minimum atomic E-state index is -0.0819. The van der Waals surface area contributed by atoms with E-state index < -0.39 is 0 Å². The van der Waals surface area contributed by atoms with Crippen LogP contribution in [0.5, 0.6) is 5.75 Å². The van der Waals surface area contributed by atoms with E-state index >= 15 is 0 Å². The van der Waals surface area contributed by atoms with Gasteiger partial charge in [-0.15, -0.1) is 6.58 Å². The summed E-state index contributed by atoms with van der Waals surface area (Å²) >= 11 is 0. The van der Waals surface area contributed by atoms with E-state index in [0.29, 0.717) is 13.2 Å². The summed E-state index contributed by atoms with van der Waals surface area (Å²) in [5.74, 6) is 6.40. The molecule has 1 aromatic carbocycles. The minimum absolute atomic E-state index is 0.0819. The average Bonchev–Trinajstić information content (AvgIpc) is 2.35. The number of amides is 1. The van der Waals surface area contributed by atoms with Gasteiger partial charge >= 0.3 is 0 Å². The summed E-state index contributed by atoms with van der Waals surface area (Å²) in [6.07, 6.45) is 2.61. The van der Waals surface area contributed by atoms with Gasteiger partial charge in [0.1, 0.15) is 12.4 Å². The van der Waals surface area contributed by atoms with Crippen molar-refractivity contribution in [2.45, 2.75) is 13.3 Å². The van der Waals surface area contributed by atoms with Gasteiger partial charge in [0.05, 0.1) is 6.54 Å². The maximum Gasteiger partial charge on any atom is 0.217 e. The quantitative estimate of drug-likeness (QED) is 0.634. The molecule has 0 fully saturated rings. The molecule has 3 nitrogen and oxygen atoms in total. The van der Waals surface area contributed by atoms with Gasteiger partial charge in [0.2, 0.25) is 5.91 Å². The van der Waals surface area contributed by atoms with E-state index in [9.17, 15) is 4.79 Å². The number of nitrogens with one attached hydrogen (secondary N) is 1. The first kappa shape index (κ1) is 13.9. The fourth-order valence-corrected chi connectivity index (χ4v) is 1.36. The highest BCUT2D eigenvalue weighted by Crippen LogP contribution is 2.18. The van der Waals surface area contributed by atoms with Crippen LogP contribution in [0, 0.1) is 11.8 Å². The summed E-state index contributed by atoms with van der Waals surface area (Å²) in [6.45, 7) is 5.84. The van der Waals surface area contributed by atoms with Crippen molar-refractivity contribution < 1.29 is 9.53 Å². The van der Waals surface area contributed by atoms with Crippen molar-refractivity contribution in [1.82, 2.24) is 5.32 Å². The zero-order chi connectivity index (χ0) is 13.2. The summed E-state index contributed by atoms with van der Waals surface area (Å²) in [5, 5.41) is 2.59. The van der Waals surface area contributed by atoms with Crippen LogP contribution in [0.3, 0.4) is 0 Å². The summed E-state index contributed by atoms with van der Waals surface area (Å²) < 4.78 is 5.56. The molecule has 1 amide bonds. The van der Waals surface area contributed by atoms with Crippen molar-refractivity contribution in [2.75, 3.05) is 13.2 Å². The molecule has 1 rings (SSSR count). The van der Waals surface area contributed by atoms with Gasteiger partial charge in [0.25, 0.3) is 0 Å². The molecule has 0 atom stereocenters. The largest absolute Gasteiger partial charge is 0.481 e. The molecule has 0 heterocycles. The molecule has 0 unspecified atom stereocenters. The zero-order valence-corrected chi connectivity index (χ0v) is 10.5. The zero-order valence-electron chi connectivity index (χ0n) is 10.5. The fourth-order valence-electron chi connectivity index (χ4n) is 1.36. The smallest absolute Gasteiger partial charge is 0.217 e. The van der Waals surface area contributed by atoms with Gasteiger partial charge in [-0.05, 0) is 18.1 Å². The topological polar surface area (TPSA) is 38.3 Å². The molecule has 0 saturated heterocycles. The Morgan fingerprint density at radius 1 is 1.44 bits per heavy atom. The van der Waals surface area contributed by atoms with Crippen molar-refractivity contribution in [3.63, 3.8) is 0 Å². The maximum atomic E-state index is 10.6. The lowest BCUT2D eigenvalue weighted by Gasteiger charge is -2.07. The van der Waals surface area contributed by atoms with Crippen molar-refractivity contribution in [1.29, 1.82) is 0 Å². The van der Waals surface area contributed by atoms with Crippen molar-refractivity contribution in [2.24, 2.45) is 0 Å². The number of rotatable bonds is 5. The Balaban J connectivity index is 2.43. The average molecular weight is 243 g/mol. The number of ether oxygens (including phenoxy) is 1. The van der Waals surface area contributed by atoms with E-state index in [2.05, 4.69) is 23.7 Å². The summed E-state index contributed by atoms with van der Waals surface area (Å²) in [6, 6.07) is 7.80. The number of allylic oxidation sites excluding steroid dienone is 1. The molecule has 94 valence electrons. The molecular formula is C15H17NO2. The predicted molar refractivity (Wildman–Crippen MR) is 72.3 cm³/mol.